The first-order chi connectivity index (χ1) is 11.6. The summed E-state index contributed by atoms with van der Waals surface area (Å²) in [7, 11) is 4.43. The average Bonchev–Trinajstić information content (AvgIpc) is 2.63. The molecule has 2 aromatic carbocycles. The van der Waals surface area contributed by atoms with Crippen LogP contribution in [0.2, 0.25) is 0 Å². The van der Waals surface area contributed by atoms with E-state index in [1.54, 1.807) is 12.1 Å². The van der Waals surface area contributed by atoms with E-state index in [1.165, 1.54) is 27.4 Å². The number of aromatic amines is 1. The van der Waals surface area contributed by atoms with Crippen molar-refractivity contribution in [1.29, 1.82) is 0 Å². The lowest BCUT2D eigenvalue weighted by Crippen LogP contribution is -2.07. The van der Waals surface area contributed by atoms with Crippen LogP contribution in [0.3, 0.4) is 0 Å². The van der Waals surface area contributed by atoms with Crippen LogP contribution in [0.5, 0.6) is 23.0 Å². The Kier molecular flexibility index (Phi) is 4.04. The third-order valence-electron chi connectivity index (χ3n) is 3.84. The molecule has 1 aromatic heterocycles. The molecule has 124 valence electrons. The quantitative estimate of drug-likeness (QED) is 0.770. The number of ether oxygens (including phenoxy) is 3. The number of hydrogen-bond acceptors (Lipinski definition) is 5. The molecular weight excluding hydrogens is 310 g/mol. The molecule has 3 rings (SSSR count). The highest BCUT2D eigenvalue weighted by Gasteiger charge is 2.21. The van der Waals surface area contributed by atoms with Crippen LogP contribution in [0.15, 0.2) is 41.2 Å². The molecule has 0 radical (unpaired) electrons. The summed E-state index contributed by atoms with van der Waals surface area (Å²) in [6.07, 6.45) is 0. The maximum atomic E-state index is 12.6. The summed E-state index contributed by atoms with van der Waals surface area (Å²) >= 11 is 0. The predicted octanol–water partition coefficient (Wildman–Crippen LogP) is 2.93. The summed E-state index contributed by atoms with van der Waals surface area (Å²) in [4.78, 5) is 15.7. The molecule has 6 nitrogen and oxygen atoms in total. The van der Waals surface area contributed by atoms with E-state index in [9.17, 15) is 9.90 Å². The Hall–Kier alpha value is -3.15. The minimum Gasteiger partial charge on any atom is -0.503 e. The molecule has 0 atom stereocenters. The van der Waals surface area contributed by atoms with Gasteiger partial charge in [-0.25, -0.2) is 0 Å². The molecule has 0 unspecified atom stereocenters. The Labute approximate surface area is 138 Å². The van der Waals surface area contributed by atoms with E-state index in [4.69, 9.17) is 14.2 Å². The second-order valence-electron chi connectivity index (χ2n) is 5.11. The lowest BCUT2D eigenvalue weighted by Gasteiger charge is -2.16. The Morgan fingerprint density at radius 3 is 2.21 bits per heavy atom. The number of nitrogens with one attached hydrogen (secondary N) is 1. The van der Waals surface area contributed by atoms with E-state index >= 15 is 0 Å². The van der Waals surface area contributed by atoms with E-state index in [1.807, 2.05) is 18.2 Å². The van der Waals surface area contributed by atoms with Gasteiger partial charge in [-0.05, 0) is 6.07 Å². The maximum absolute atomic E-state index is 12.6. The van der Waals surface area contributed by atoms with E-state index in [-0.39, 0.29) is 11.1 Å². The minimum absolute atomic E-state index is 0.252. The Morgan fingerprint density at radius 2 is 1.62 bits per heavy atom. The van der Waals surface area contributed by atoms with Crippen molar-refractivity contribution in [3.8, 4) is 34.3 Å². The van der Waals surface area contributed by atoms with Gasteiger partial charge in [0.25, 0.3) is 0 Å². The lowest BCUT2D eigenvalue weighted by atomic mass is 10.1. The molecule has 0 fully saturated rings. The molecule has 24 heavy (non-hydrogen) atoms. The van der Waals surface area contributed by atoms with Crippen LogP contribution >= 0.6 is 0 Å². The van der Waals surface area contributed by atoms with Gasteiger partial charge in [-0.15, -0.1) is 0 Å². The zero-order chi connectivity index (χ0) is 17.3. The Bertz CT molecular complexity index is 947. The smallest absolute Gasteiger partial charge is 0.231 e. The summed E-state index contributed by atoms with van der Waals surface area (Å²) in [6.45, 7) is 0. The average molecular weight is 327 g/mol. The highest BCUT2D eigenvalue weighted by molar-refractivity contribution is 5.93. The van der Waals surface area contributed by atoms with Gasteiger partial charge >= 0.3 is 0 Å². The van der Waals surface area contributed by atoms with E-state index in [0.29, 0.717) is 34.0 Å². The lowest BCUT2D eigenvalue weighted by molar-refractivity contribution is 0.327. The number of aromatic hydroxyl groups is 1. The molecule has 0 spiro atoms. The van der Waals surface area contributed by atoms with Gasteiger partial charge < -0.3 is 24.3 Å². The zero-order valence-corrected chi connectivity index (χ0v) is 13.5. The summed E-state index contributed by atoms with van der Waals surface area (Å²) in [5.41, 5.74) is 0.920. The molecular formula is C18H17NO5. The van der Waals surface area contributed by atoms with Gasteiger partial charge in [0.05, 0.1) is 37.9 Å². The number of methoxy groups -OCH3 is 3. The van der Waals surface area contributed by atoms with Crippen LogP contribution in [0.25, 0.3) is 22.2 Å². The van der Waals surface area contributed by atoms with Crippen LogP contribution in [-0.4, -0.2) is 31.4 Å². The summed E-state index contributed by atoms with van der Waals surface area (Å²) < 4.78 is 16.0. The fourth-order valence-electron chi connectivity index (χ4n) is 2.70. The zero-order valence-electron chi connectivity index (χ0n) is 13.5. The van der Waals surface area contributed by atoms with Crippen molar-refractivity contribution in [3.63, 3.8) is 0 Å². The van der Waals surface area contributed by atoms with Crippen molar-refractivity contribution in [1.82, 2.24) is 4.98 Å². The highest BCUT2D eigenvalue weighted by atomic mass is 16.5. The van der Waals surface area contributed by atoms with Crippen molar-refractivity contribution < 1.29 is 19.3 Å². The third-order valence-corrected chi connectivity index (χ3v) is 3.84. The van der Waals surface area contributed by atoms with Gasteiger partial charge in [-0.3, -0.25) is 4.79 Å². The molecule has 0 saturated carbocycles. The minimum atomic E-state index is -0.512. The first-order valence-corrected chi connectivity index (χ1v) is 7.25. The number of H-pyrrole nitrogens is 1. The summed E-state index contributed by atoms with van der Waals surface area (Å²) in [5, 5.41) is 10.6. The molecule has 1 heterocycles. The van der Waals surface area contributed by atoms with Crippen molar-refractivity contribution in [2.45, 2.75) is 0 Å². The molecule has 0 amide bonds. The molecule has 0 saturated heterocycles. The molecule has 2 N–H and O–H groups in total. The number of benzene rings is 2. The van der Waals surface area contributed by atoms with Gasteiger partial charge in [0.1, 0.15) is 0 Å². The summed E-state index contributed by atoms with van der Waals surface area (Å²) in [5.74, 6) is 0.691. The fraction of sp³-hybridized carbons (Fsp3) is 0.167. The second-order valence-corrected chi connectivity index (χ2v) is 5.11. The number of fused-ring (bicyclic) bond motifs is 1. The van der Waals surface area contributed by atoms with Gasteiger partial charge in [-0.1, -0.05) is 30.3 Å². The van der Waals surface area contributed by atoms with E-state index < -0.39 is 5.43 Å². The normalized spacial score (nSPS) is 10.6. The van der Waals surface area contributed by atoms with Crippen LogP contribution in [0, 0.1) is 0 Å². The standard InChI is InChI=1S/C18H17NO5/c1-22-12-9-11-14(18(24-3)17(12)23-2)19-13(16(21)15(11)20)10-7-5-4-6-8-10/h4-9,21H,1-3H3,(H,19,20). The molecule has 0 aliphatic rings. The van der Waals surface area contributed by atoms with Gasteiger partial charge in [0.15, 0.2) is 17.2 Å². The highest BCUT2D eigenvalue weighted by Crippen LogP contribution is 2.43. The first kappa shape index (κ1) is 15.7. The second kappa shape index (κ2) is 6.16. The number of hydrogen-bond donors (Lipinski definition) is 2. The van der Waals surface area contributed by atoms with Crippen molar-refractivity contribution in [2.24, 2.45) is 0 Å². The number of pyridine rings is 1. The van der Waals surface area contributed by atoms with Gasteiger partial charge in [0, 0.05) is 5.56 Å². The maximum Gasteiger partial charge on any atom is 0.231 e. The van der Waals surface area contributed by atoms with Crippen molar-refractivity contribution in [2.75, 3.05) is 21.3 Å². The molecule has 0 aliphatic carbocycles. The van der Waals surface area contributed by atoms with Crippen molar-refractivity contribution >= 4 is 10.9 Å². The van der Waals surface area contributed by atoms with Gasteiger partial charge in [-0.2, -0.15) is 0 Å². The van der Waals surface area contributed by atoms with Crippen LogP contribution in [-0.2, 0) is 0 Å². The topological polar surface area (TPSA) is 80.8 Å². The van der Waals surface area contributed by atoms with Gasteiger partial charge in [0.2, 0.25) is 11.2 Å². The monoisotopic (exact) mass is 327 g/mol. The first-order valence-electron chi connectivity index (χ1n) is 7.25. The number of rotatable bonds is 4. The summed E-state index contributed by atoms with van der Waals surface area (Å²) in [6, 6.07) is 10.6. The van der Waals surface area contributed by atoms with E-state index in [0.717, 1.165) is 0 Å². The Balaban J connectivity index is 2.45. The van der Waals surface area contributed by atoms with Crippen LogP contribution in [0.4, 0.5) is 0 Å². The predicted molar refractivity (Wildman–Crippen MR) is 91.3 cm³/mol. The van der Waals surface area contributed by atoms with E-state index in [2.05, 4.69) is 4.98 Å². The van der Waals surface area contributed by atoms with Crippen molar-refractivity contribution in [3.05, 3.63) is 46.6 Å². The SMILES string of the molecule is COc1cc2c(=O)c(O)c(-c3ccccc3)[nH]c2c(OC)c1OC. The third kappa shape index (κ3) is 2.32. The van der Waals surface area contributed by atoms with Crippen LogP contribution < -0.4 is 19.6 Å². The largest absolute Gasteiger partial charge is 0.503 e. The Morgan fingerprint density at radius 1 is 0.958 bits per heavy atom. The molecule has 6 heteroatoms. The number of aromatic nitrogens is 1. The van der Waals surface area contributed by atoms with Crippen LogP contribution in [0.1, 0.15) is 0 Å². The fourth-order valence-corrected chi connectivity index (χ4v) is 2.70. The molecule has 3 aromatic rings. The molecule has 0 bridgehead atoms. The molecule has 0 aliphatic heterocycles.